The Kier molecular flexibility index (Phi) is 6.01. The van der Waals surface area contributed by atoms with Gasteiger partial charge >= 0.3 is 0 Å². The van der Waals surface area contributed by atoms with Gasteiger partial charge in [-0.15, -0.1) is 10.2 Å². The van der Waals surface area contributed by atoms with Crippen LogP contribution in [0.5, 0.6) is 0 Å². The first kappa shape index (κ1) is 19.2. The number of nitrogens with one attached hydrogen (secondary N) is 1. The van der Waals surface area contributed by atoms with Crippen LogP contribution in [0.4, 0.5) is 5.69 Å². The molecule has 1 atom stereocenters. The molecule has 142 valence electrons. The first-order chi connectivity index (χ1) is 13.0. The zero-order valence-electron chi connectivity index (χ0n) is 16.0. The van der Waals surface area contributed by atoms with Crippen molar-refractivity contribution in [3.8, 4) is 11.4 Å². The van der Waals surface area contributed by atoms with Crippen LogP contribution in [-0.4, -0.2) is 25.9 Å². The maximum absolute atomic E-state index is 12.6. The number of nitrogens with zero attached hydrogens (tertiary/aromatic N) is 3. The number of carbonyl (C=O) groups excluding carboxylic acids is 1. The van der Waals surface area contributed by atoms with Gasteiger partial charge in [-0.25, -0.2) is 0 Å². The van der Waals surface area contributed by atoms with Crippen LogP contribution >= 0.6 is 11.8 Å². The summed E-state index contributed by atoms with van der Waals surface area (Å²) >= 11 is 1.40. The maximum atomic E-state index is 12.6. The molecular formula is C20H24N4O2S. The minimum atomic E-state index is -0.302. The van der Waals surface area contributed by atoms with E-state index in [0.29, 0.717) is 6.54 Å². The Morgan fingerprint density at radius 1 is 1.22 bits per heavy atom. The Bertz CT molecular complexity index is 914. The maximum Gasteiger partial charge on any atom is 0.237 e. The number of rotatable bonds is 7. The SMILES string of the molecule is CCc1ccc(NC(=O)[C@H](C)Sc2nnc(-c3ccoc3C)n2CC)cc1. The van der Waals surface area contributed by atoms with E-state index in [9.17, 15) is 4.79 Å². The molecule has 0 bridgehead atoms. The molecule has 0 fully saturated rings. The molecule has 7 heteroatoms. The van der Waals surface area contributed by atoms with Gasteiger partial charge in [-0.05, 0) is 51.0 Å². The summed E-state index contributed by atoms with van der Waals surface area (Å²) in [6.45, 7) is 8.62. The van der Waals surface area contributed by atoms with Crippen molar-refractivity contribution in [1.82, 2.24) is 14.8 Å². The number of furan rings is 1. The minimum Gasteiger partial charge on any atom is -0.469 e. The lowest BCUT2D eigenvalue weighted by Crippen LogP contribution is -2.23. The monoisotopic (exact) mass is 384 g/mol. The molecule has 27 heavy (non-hydrogen) atoms. The molecule has 2 aromatic heterocycles. The molecule has 1 N–H and O–H groups in total. The van der Waals surface area contributed by atoms with Crippen LogP contribution in [0.3, 0.4) is 0 Å². The lowest BCUT2D eigenvalue weighted by atomic mass is 10.1. The molecule has 0 aliphatic rings. The van der Waals surface area contributed by atoms with Gasteiger partial charge in [0.05, 0.1) is 17.1 Å². The van der Waals surface area contributed by atoms with E-state index in [1.165, 1.54) is 17.3 Å². The average molecular weight is 385 g/mol. The lowest BCUT2D eigenvalue weighted by molar-refractivity contribution is -0.115. The smallest absolute Gasteiger partial charge is 0.237 e. The van der Waals surface area contributed by atoms with Gasteiger partial charge in [0.15, 0.2) is 11.0 Å². The summed E-state index contributed by atoms with van der Waals surface area (Å²) in [6.07, 6.45) is 2.62. The number of hydrogen-bond donors (Lipinski definition) is 1. The van der Waals surface area contributed by atoms with Crippen LogP contribution in [0.25, 0.3) is 11.4 Å². The molecule has 2 heterocycles. The highest BCUT2D eigenvalue weighted by Crippen LogP contribution is 2.29. The third-order valence-corrected chi connectivity index (χ3v) is 5.49. The fraction of sp³-hybridized carbons (Fsp3) is 0.350. The number of carbonyl (C=O) groups is 1. The molecular weight excluding hydrogens is 360 g/mol. The molecule has 0 spiro atoms. The zero-order chi connectivity index (χ0) is 19.4. The van der Waals surface area contributed by atoms with Gasteiger partial charge in [0.25, 0.3) is 0 Å². The van der Waals surface area contributed by atoms with E-state index in [-0.39, 0.29) is 11.2 Å². The van der Waals surface area contributed by atoms with Gasteiger partial charge < -0.3 is 14.3 Å². The summed E-state index contributed by atoms with van der Waals surface area (Å²) in [4.78, 5) is 12.6. The van der Waals surface area contributed by atoms with Crippen LogP contribution < -0.4 is 5.32 Å². The van der Waals surface area contributed by atoms with Gasteiger partial charge in [-0.1, -0.05) is 30.8 Å². The fourth-order valence-corrected chi connectivity index (χ4v) is 3.67. The van der Waals surface area contributed by atoms with E-state index < -0.39 is 0 Å². The van der Waals surface area contributed by atoms with Crippen molar-refractivity contribution < 1.29 is 9.21 Å². The van der Waals surface area contributed by atoms with Crippen molar-refractivity contribution in [2.45, 2.75) is 51.1 Å². The van der Waals surface area contributed by atoms with Crippen molar-refractivity contribution in [3.05, 3.63) is 47.9 Å². The second kappa shape index (κ2) is 8.43. The standard InChI is InChI=1S/C20H24N4O2S/c1-5-15-7-9-16(10-8-15)21-19(25)14(4)27-20-23-22-18(24(20)6-2)17-11-12-26-13(17)3/h7-12,14H,5-6H2,1-4H3,(H,21,25)/t14-/m0/s1. The molecule has 0 aliphatic heterocycles. The minimum absolute atomic E-state index is 0.0593. The summed E-state index contributed by atoms with van der Waals surface area (Å²) in [5.41, 5.74) is 2.97. The van der Waals surface area contributed by atoms with Gasteiger partial charge in [0, 0.05) is 12.2 Å². The van der Waals surface area contributed by atoms with Crippen LogP contribution in [0.15, 0.2) is 46.2 Å². The van der Waals surface area contributed by atoms with Crippen molar-refractivity contribution in [2.24, 2.45) is 0 Å². The van der Waals surface area contributed by atoms with Crippen LogP contribution in [-0.2, 0) is 17.8 Å². The normalized spacial score (nSPS) is 12.1. The summed E-state index contributed by atoms with van der Waals surface area (Å²) in [5, 5.41) is 12.0. The van der Waals surface area contributed by atoms with Crippen molar-refractivity contribution in [1.29, 1.82) is 0 Å². The predicted molar refractivity (Wildman–Crippen MR) is 108 cm³/mol. The predicted octanol–water partition coefficient (Wildman–Crippen LogP) is 4.55. The Morgan fingerprint density at radius 3 is 2.56 bits per heavy atom. The number of hydrogen-bond acceptors (Lipinski definition) is 5. The van der Waals surface area contributed by atoms with E-state index in [4.69, 9.17) is 4.42 Å². The third-order valence-electron chi connectivity index (χ3n) is 4.41. The van der Waals surface area contributed by atoms with Gasteiger partial charge in [0.1, 0.15) is 5.76 Å². The molecule has 0 saturated heterocycles. The molecule has 3 rings (SSSR count). The second-order valence-corrected chi connectivity index (χ2v) is 7.55. The highest BCUT2D eigenvalue weighted by atomic mass is 32.2. The number of anilines is 1. The van der Waals surface area contributed by atoms with Gasteiger partial charge in [-0.3, -0.25) is 4.79 Å². The van der Waals surface area contributed by atoms with E-state index in [0.717, 1.165) is 34.4 Å². The zero-order valence-corrected chi connectivity index (χ0v) is 16.8. The first-order valence-electron chi connectivity index (χ1n) is 9.07. The van der Waals surface area contributed by atoms with E-state index in [2.05, 4.69) is 22.4 Å². The number of amides is 1. The topological polar surface area (TPSA) is 73.0 Å². The third kappa shape index (κ3) is 4.24. The number of aryl methyl sites for hydroxylation is 2. The van der Waals surface area contributed by atoms with E-state index in [1.54, 1.807) is 6.26 Å². The van der Waals surface area contributed by atoms with Crippen LogP contribution in [0, 0.1) is 6.92 Å². The van der Waals surface area contributed by atoms with Crippen molar-refractivity contribution in [3.63, 3.8) is 0 Å². The summed E-state index contributed by atoms with van der Waals surface area (Å²) in [7, 11) is 0. The Labute approximate surface area is 163 Å². The summed E-state index contributed by atoms with van der Waals surface area (Å²) in [5.74, 6) is 1.50. The first-order valence-corrected chi connectivity index (χ1v) is 9.95. The molecule has 1 aromatic carbocycles. The van der Waals surface area contributed by atoms with Gasteiger partial charge in [0.2, 0.25) is 5.91 Å². The Hall–Kier alpha value is -2.54. The number of benzene rings is 1. The molecule has 1 amide bonds. The van der Waals surface area contributed by atoms with Crippen molar-refractivity contribution in [2.75, 3.05) is 5.32 Å². The molecule has 6 nitrogen and oxygen atoms in total. The summed E-state index contributed by atoms with van der Waals surface area (Å²) in [6, 6.07) is 9.81. The number of thioether (sulfide) groups is 1. The van der Waals surface area contributed by atoms with Gasteiger partial charge in [-0.2, -0.15) is 0 Å². The number of aromatic nitrogens is 3. The Morgan fingerprint density at radius 2 is 1.96 bits per heavy atom. The van der Waals surface area contributed by atoms with E-state index in [1.807, 2.05) is 55.7 Å². The summed E-state index contributed by atoms with van der Waals surface area (Å²) < 4.78 is 7.38. The molecule has 3 aromatic rings. The highest BCUT2D eigenvalue weighted by Gasteiger charge is 2.21. The fourth-order valence-electron chi connectivity index (χ4n) is 2.76. The van der Waals surface area contributed by atoms with Crippen LogP contribution in [0.2, 0.25) is 0 Å². The quantitative estimate of drug-likeness (QED) is 0.605. The average Bonchev–Trinajstić information content (AvgIpc) is 3.27. The lowest BCUT2D eigenvalue weighted by Gasteiger charge is -2.13. The molecule has 0 radical (unpaired) electrons. The Balaban J connectivity index is 1.71. The highest BCUT2D eigenvalue weighted by molar-refractivity contribution is 8.00. The molecule has 0 saturated carbocycles. The van der Waals surface area contributed by atoms with Crippen molar-refractivity contribution >= 4 is 23.4 Å². The van der Waals surface area contributed by atoms with E-state index >= 15 is 0 Å². The second-order valence-electron chi connectivity index (χ2n) is 6.24. The molecule has 0 aliphatic carbocycles. The molecule has 0 unspecified atom stereocenters. The van der Waals surface area contributed by atoms with Crippen LogP contribution in [0.1, 0.15) is 32.1 Å². The largest absolute Gasteiger partial charge is 0.469 e.